The fraction of sp³-hybridized carbons (Fsp3) is 0.0667. The van der Waals surface area contributed by atoms with Crippen molar-refractivity contribution >= 4 is 29.4 Å². The Morgan fingerprint density at radius 3 is 2.50 bits per heavy atom. The highest BCUT2D eigenvalue weighted by Crippen LogP contribution is 2.25. The fourth-order valence-corrected chi connectivity index (χ4v) is 1.94. The number of halogens is 2. The summed E-state index contributed by atoms with van der Waals surface area (Å²) in [7, 11) is 0. The van der Waals surface area contributed by atoms with E-state index in [1.807, 2.05) is 6.07 Å². The zero-order chi connectivity index (χ0) is 16.1. The minimum absolute atomic E-state index is 0.00761. The van der Waals surface area contributed by atoms with E-state index in [0.29, 0.717) is 0 Å². The second-order valence-electron chi connectivity index (χ2n) is 4.28. The summed E-state index contributed by atoms with van der Waals surface area (Å²) in [6.07, 6.45) is -0.901. The summed E-state index contributed by atoms with van der Waals surface area (Å²) in [5, 5.41) is 10.8. The molecule has 0 aliphatic heterocycles. The Bertz CT molecular complexity index is 706. The Kier molecular flexibility index (Phi) is 4.95. The third-order valence-electron chi connectivity index (χ3n) is 2.75. The molecule has 0 unspecified atom stereocenters. The first kappa shape index (κ1) is 15.8. The number of amides is 1. The van der Waals surface area contributed by atoms with Crippen LogP contribution in [0.3, 0.4) is 0 Å². The Labute approximate surface area is 130 Å². The van der Waals surface area contributed by atoms with Gasteiger partial charge in [0, 0.05) is 0 Å². The molecule has 0 aromatic heterocycles. The SMILES string of the molecule is O=C(Nc1ccc(Cl)c(C(=O)O)c1F)OCc1ccccc1. The number of rotatable bonds is 4. The Balaban J connectivity index is 2.06. The molecule has 0 aliphatic carbocycles. The molecule has 1 amide bonds. The van der Waals surface area contributed by atoms with E-state index in [1.165, 1.54) is 6.07 Å². The number of hydrogen-bond donors (Lipinski definition) is 2. The third kappa shape index (κ3) is 3.73. The standard InChI is InChI=1S/C15H11ClFNO4/c16-10-6-7-11(13(17)12(10)14(19)20)18-15(21)22-8-9-4-2-1-3-5-9/h1-7H,8H2,(H,18,21)(H,19,20). The molecule has 0 aliphatic rings. The van der Waals surface area contributed by atoms with Crippen LogP contribution < -0.4 is 5.32 Å². The highest BCUT2D eigenvalue weighted by molar-refractivity contribution is 6.33. The predicted molar refractivity (Wildman–Crippen MR) is 78.6 cm³/mol. The molecule has 114 valence electrons. The van der Waals surface area contributed by atoms with Crippen molar-refractivity contribution in [2.45, 2.75) is 6.61 Å². The van der Waals surface area contributed by atoms with Crippen molar-refractivity contribution in [2.24, 2.45) is 0 Å². The van der Waals surface area contributed by atoms with Gasteiger partial charge in [-0.15, -0.1) is 0 Å². The topological polar surface area (TPSA) is 75.6 Å². The van der Waals surface area contributed by atoms with Crippen LogP contribution >= 0.6 is 11.6 Å². The summed E-state index contributed by atoms with van der Waals surface area (Å²) in [4.78, 5) is 22.5. The average molecular weight is 324 g/mol. The zero-order valence-electron chi connectivity index (χ0n) is 11.2. The van der Waals surface area contributed by atoms with Crippen molar-refractivity contribution in [1.29, 1.82) is 0 Å². The van der Waals surface area contributed by atoms with Crippen molar-refractivity contribution in [3.8, 4) is 0 Å². The van der Waals surface area contributed by atoms with E-state index < -0.39 is 23.4 Å². The normalized spacial score (nSPS) is 10.1. The van der Waals surface area contributed by atoms with E-state index >= 15 is 0 Å². The molecule has 0 spiro atoms. The first-order chi connectivity index (χ1) is 10.5. The van der Waals surface area contributed by atoms with Crippen LogP contribution in [0, 0.1) is 5.82 Å². The van der Waals surface area contributed by atoms with Gasteiger partial charge in [-0.1, -0.05) is 41.9 Å². The first-order valence-corrected chi connectivity index (χ1v) is 6.56. The van der Waals surface area contributed by atoms with Crippen molar-refractivity contribution in [2.75, 3.05) is 5.32 Å². The second kappa shape index (κ2) is 6.91. The highest BCUT2D eigenvalue weighted by Gasteiger charge is 2.20. The number of benzene rings is 2. The Morgan fingerprint density at radius 1 is 1.18 bits per heavy atom. The van der Waals surface area contributed by atoms with Gasteiger partial charge in [-0.05, 0) is 17.7 Å². The minimum atomic E-state index is -1.52. The number of ether oxygens (including phenoxy) is 1. The lowest BCUT2D eigenvalue weighted by Gasteiger charge is -2.10. The molecular formula is C15H11ClFNO4. The molecule has 22 heavy (non-hydrogen) atoms. The van der Waals surface area contributed by atoms with Gasteiger partial charge in [0.1, 0.15) is 12.2 Å². The summed E-state index contributed by atoms with van der Waals surface area (Å²) in [6, 6.07) is 11.3. The van der Waals surface area contributed by atoms with Gasteiger partial charge in [0.2, 0.25) is 0 Å². The maximum absolute atomic E-state index is 14.0. The predicted octanol–water partition coefficient (Wildman–Crippen LogP) is 3.93. The molecule has 0 heterocycles. The smallest absolute Gasteiger partial charge is 0.412 e. The van der Waals surface area contributed by atoms with E-state index in [9.17, 15) is 14.0 Å². The lowest BCUT2D eigenvalue weighted by molar-refractivity contribution is 0.0692. The largest absolute Gasteiger partial charge is 0.478 e. The lowest BCUT2D eigenvalue weighted by Crippen LogP contribution is -2.16. The van der Waals surface area contributed by atoms with Crippen LogP contribution in [0.4, 0.5) is 14.9 Å². The molecule has 5 nitrogen and oxygen atoms in total. The number of carbonyl (C=O) groups is 2. The minimum Gasteiger partial charge on any atom is -0.478 e. The van der Waals surface area contributed by atoms with Gasteiger partial charge in [-0.2, -0.15) is 0 Å². The van der Waals surface area contributed by atoms with E-state index in [1.54, 1.807) is 24.3 Å². The van der Waals surface area contributed by atoms with Crippen LogP contribution in [0.15, 0.2) is 42.5 Å². The number of anilines is 1. The van der Waals surface area contributed by atoms with Crippen LogP contribution in [0.2, 0.25) is 5.02 Å². The first-order valence-electron chi connectivity index (χ1n) is 6.18. The van der Waals surface area contributed by atoms with Gasteiger partial charge in [0.05, 0.1) is 10.7 Å². The summed E-state index contributed by atoms with van der Waals surface area (Å²) >= 11 is 5.61. The van der Waals surface area contributed by atoms with Crippen molar-refractivity contribution in [3.63, 3.8) is 0 Å². The van der Waals surface area contributed by atoms with Crippen LogP contribution in [0.1, 0.15) is 15.9 Å². The molecule has 2 rings (SSSR count). The Hall–Kier alpha value is -2.60. The van der Waals surface area contributed by atoms with Crippen LogP contribution in [0.25, 0.3) is 0 Å². The van der Waals surface area contributed by atoms with Gasteiger partial charge in [0.25, 0.3) is 0 Å². The maximum Gasteiger partial charge on any atom is 0.412 e. The zero-order valence-corrected chi connectivity index (χ0v) is 11.9. The lowest BCUT2D eigenvalue weighted by atomic mass is 10.2. The molecule has 0 bridgehead atoms. The number of nitrogens with one attached hydrogen (secondary N) is 1. The molecule has 0 radical (unpaired) electrons. The molecule has 0 saturated heterocycles. The van der Waals surface area contributed by atoms with E-state index in [4.69, 9.17) is 21.4 Å². The van der Waals surface area contributed by atoms with Crippen molar-refractivity contribution in [3.05, 3.63) is 64.4 Å². The quantitative estimate of drug-likeness (QED) is 0.894. The summed E-state index contributed by atoms with van der Waals surface area (Å²) in [5.41, 5.74) is -0.261. The summed E-state index contributed by atoms with van der Waals surface area (Å²) in [6.45, 7) is 0.00761. The van der Waals surface area contributed by atoms with Crippen LogP contribution in [0.5, 0.6) is 0 Å². The van der Waals surface area contributed by atoms with Crippen molar-refractivity contribution in [1.82, 2.24) is 0 Å². The number of carbonyl (C=O) groups excluding carboxylic acids is 1. The van der Waals surface area contributed by atoms with Gasteiger partial charge in [-0.25, -0.2) is 14.0 Å². The average Bonchev–Trinajstić information content (AvgIpc) is 2.49. The monoisotopic (exact) mass is 323 g/mol. The van der Waals surface area contributed by atoms with E-state index in [0.717, 1.165) is 11.6 Å². The molecule has 0 atom stereocenters. The molecule has 2 N–H and O–H groups in total. The molecule has 2 aromatic carbocycles. The maximum atomic E-state index is 14.0. The Morgan fingerprint density at radius 2 is 1.86 bits per heavy atom. The number of aromatic carboxylic acids is 1. The third-order valence-corrected chi connectivity index (χ3v) is 3.07. The summed E-state index contributed by atoms with van der Waals surface area (Å²) < 4.78 is 18.9. The van der Waals surface area contributed by atoms with Gasteiger partial charge in [0.15, 0.2) is 5.82 Å². The summed E-state index contributed by atoms with van der Waals surface area (Å²) in [5.74, 6) is -2.65. The van der Waals surface area contributed by atoms with Gasteiger partial charge < -0.3 is 9.84 Å². The number of hydrogen-bond acceptors (Lipinski definition) is 3. The van der Waals surface area contributed by atoms with E-state index in [-0.39, 0.29) is 17.3 Å². The number of carboxylic acids is 1. The molecule has 7 heteroatoms. The van der Waals surface area contributed by atoms with E-state index in [2.05, 4.69) is 5.32 Å². The number of carboxylic acid groups (broad SMARTS) is 1. The van der Waals surface area contributed by atoms with Crippen molar-refractivity contribution < 1.29 is 23.8 Å². The fourth-order valence-electron chi connectivity index (χ4n) is 1.71. The molecule has 2 aromatic rings. The molecule has 0 fully saturated rings. The van der Waals surface area contributed by atoms with Gasteiger partial charge >= 0.3 is 12.1 Å². The molecular weight excluding hydrogens is 313 g/mol. The van der Waals surface area contributed by atoms with Crippen LogP contribution in [-0.4, -0.2) is 17.2 Å². The molecule has 0 saturated carbocycles. The highest BCUT2D eigenvalue weighted by atomic mass is 35.5. The van der Waals surface area contributed by atoms with Crippen LogP contribution in [-0.2, 0) is 11.3 Å². The van der Waals surface area contributed by atoms with Gasteiger partial charge in [-0.3, -0.25) is 5.32 Å². The second-order valence-corrected chi connectivity index (χ2v) is 4.68.